The molecule has 0 aliphatic heterocycles. The average molecular weight is 316 g/mol. The highest BCUT2D eigenvalue weighted by Crippen LogP contribution is 2.36. The summed E-state index contributed by atoms with van der Waals surface area (Å²) in [5.41, 5.74) is 1.84. The molecule has 0 saturated carbocycles. The molecule has 4 heteroatoms. The van der Waals surface area contributed by atoms with Crippen LogP contribution < -0.4 is 9.47 Å². The smallest absolute Gasteiger partial charge is 0.162 e. The number of hydrogen-bond acceptors (Lipinski definition) is 4. The Kier molecular flexibility index (Phi) is 5.90. The molecule has 0 radical (unpaired) electrons. The van der Waals surface area contributed by atoms with E-state index in [9.17, 15) is 4.79 Å². The Morgan fingerprint density at radius 1 is 1.14 bits per heavy atom. The molecule has 0 spiro atoms. The van der Waals surface area contributed by atoms with Crippen LogP contribution in [-0.2, 0) is 5.75 Å². The van der Waals surface area contributed by atoms with Gasteiger partial charge in [-0.15, -0.1) is 11.8 Å². The van der Waals surface area contributed by atoms with Gasteiger partial charge in [0.25, 0.3) is 0 Å². The van der Waals surface area contributed by atoms with Crippen molar-refractivity contribution in [3.63, 3.8) is 0 Å². The second-order valence-corrected chi connectivity index (χ2v) is 6.12. The van der Waals surface area contributed by atoms with Gasteiger partial charge in [0.2, 0.25) is 0 Å². The molecule has 2 aromatic rings. The molecule has 0 aromatic heterocycles. The summed E-state index contributed by atoms with van der Waals surface area (Å²) in [6.07, 6.45) is 0.885. The molecule has 116 valence electrons. The highest BCUT2D eigenvalue weighted by molar-refractivity contribution is 7.98. The van der Waals surface area contributed by atoms with Crippen molar-refractivity contribution in [2.75, 3.05) is 7.11 Å². The maximum absolute atomic E-state index is 11.4. The van der Waals surface area contributed by atoms with Gasteiger partial charge in [-0.25, -0.2) is 0 Å². The van der Waals surface area contributed by atoms with Crippen LogP contribution in [0, 0.1) is 0 Å². The zero-order valence-electron chi connectivity index (χ0n) is 13.0. The topological polar surface area (TPSA) is 35.5 Å². The Morgan fingerprint density at radius 2 is 1.86 bits per heavy atom. The molecule has 22 heavy (non-hydrogen) atoms. The molecule has 0 heterocycles. The maximum Gasteiger partial charge on any atom is 0.162 e. The first-order valence-corrected chi connectivity index (χ1v) is 8.13. The van der Waals surface area contributed by atoms with Gasteiger partial charge >= 0.3 is 0 Å². The lowest BCUT2D eigenvalue weighted by atomic mass is 10.2. The number of benzene rings is 2. The summed E-state index contributed by atoms with van der Waals surface area (Å²) < 4.78 is 11.1. The van der Waals surface area contributed by atoms with Crippen molar-refractivity contribution in [1.29, 1.82) is 0 Å². The number of carbonyl (C=O) groups excluding carboxylic acids is 1. The van der Waals surface area contributed by atoms with Crippen LogP contribution in [0.25, 0.3) is 0 Å². The third-order valence-corrected chi connectivity index (χ3v) is 4.17. The van der Waals surface area contributed by atoms with Crippen molar-refractivity contribution in [1.82, 2.24) is 0 Å². The van der Waals surface area contributed by atoms with Crippen LogP contribution in [0.5, 0.6) is 11.5 Å². The summed E-state index contributed by atoms with van der Waals surface area (Å²) >= 11 is 1.62. The van der Waals surface area contributed by atoms with E-state index in [0.717, 1.165) is 16.9 Å². The minimum atomic E-state index is 0.0243. The Labute approximate surface area is 135 Å². The zero-order chi connectivity index (χ0) is 15.9. The number of hydrogen-bond donors (Lipinski definition) is 0. The Bertz CT molecular complexity index is 624. The molecule has 0 amide bonds. The van der Waals surface area contributed by atoms with Gasteiger partial charge in [-0.2, -0.15) is 0 Å². The predicted octanol–water partition coefficient (Wildman–Crippen LogP) is 4.59. The van der Waals surface area contributed by atoms with E-state index in [-0.39, 0.29) is 6.10 Å². The molecule has 0 N–H and O–H groups in total. The molecule has 2 rings (SSSR count). The minimum absolute atomic E-state index is 0.0243. The van der Waals surface area contributed by atoms with E-state index in [4.69, 9.17) is 9.47 Å². The number of ether oxygens (including phenoxy) is 2. The number of carbonyl (C=O) groups is 1. The molecule has 0 fully saturated rings. The highest BCUT2D eigenvalue weighted by Gasteiger charge is 2.13. The van der Waals surface area contributed by atoms with E-state index >= 15 is 0 Å². The van der Waals surface area contributed by atoms with E-state index in [1.807, 2.05) is 38.1 Å². The first kappa shape index (κ1) is 16.4. The molecule has 3 nitrogen and oxygen atoms in total. The second kappa shape index (κ2) is 7.90. The van der Waals surface area contributed by atoms with Crippen molar-refractivity contribution in [2.45, 2.75) is 30.6 Å². The third-order valence-electron chi connectivity index (χ3n) is 3.02. The maximum atomic E-state index is 11.4. The molecule has 0 aliphatic rings. The fourth-order valence-corrected chi connectivity index (χ4v) is 2.99. The van der Waals surface area contributed by atoms with Crippen LogP contribution in [0.1, 0.15) is 29.8 Å². The van der Waals surface area contributed by atoms with Crippen LogP contribution in [0.3, 0.4) is 0 Å². The minimum Gasteiger partial charge on any atom is -0.493 e. The number of thioether (sulfide) groups is 1. The van der Waals surface area contributed by atoms with Crippen molar-refractivity contribution in [3.05, 3.63) is 53.6 Å². The van der Waals surface area contributed by atoms with Gasteiger partial charge in [0, 0.05) is 16.2 Å². The first-order valence-electron chi connectivity index (χ1n) is 7.14. The fourth-order valence-electron chi connectivity index (χ4n) is 2.01. The van der Waals surface area contributed by atoms with E-state index in [1.54, 1.807) is 24.9 Å². The predicted molar refractivity (Wildman–Crippen MR) is 90.1 cm³/mol. The van der Waals surface area contributed by atoms with Crippen LogP contribution in [0.15, 0.2) is 47.4 Å². The molecular weight excluding hydrogens is 296 g/mol. The molecule has 0 saturated heterocycles. The van der Waals surface area contributed by atoms with Gasteiger partial charge in [0.05, 0.1) is 13.2 Å². The van der Waals surface area contributed by atoms with Crippen LogP contribution in [-0.4, -0.2) is 19.5 Å². The van der Waals surface area contributed by atoms with Crippen molar-refractivity contribution >= 4 is 18.0 Å². The lowest BCUT2D eigenvalue weighted by Gasteiger charge is -2.16. The van der Waals surface area contributed by atoms with Crippen LogP contribution in [0.4, 0.5) is 0 Å². The van der Waals surface area contributed by atoms with Gasteiger partial charge < -0.3 is 9.47 Å². The van der Waals surface area contributed by atoms with Crippen LogP contribution >= 0.6 is 11.8 Å². The summed E-state index contributed by atoms with van der Waals surface area (Å²) in [4.78, 5) is 12.3. The lowest BCUT2D eigenvalue weighted by molar-refractivity contribution is 0.112. The normalized spacial score (nSPS) is 10.5. The van der Waals surface area contributed by atoms with Gasteiger partial charge in [-0.05, 0) is 31.5 Å². The quantitative estimate of drug-likeness (QED) is 0.553. The van der Waals surface area contributed by atoms with Gasteiger partial charge in [0.1, 0.15) is 0 Å². The number of rotatable bonds is 7. The van der Waals surface area contributed by atoms with E-state index < -0.39 is 0 Å². The number of methoxy groups -OCH3 is 1. The highest BCUT2D eigenvalue weighted by atomic mass is 32.2. The molecule has 2 aromatic carbocycles. The summed E-state index contributed by atoms with van der Waals surface area (Å²) in [5.74, 6) is 2.05. The summed E-state index contributed by atoms with van der Waals surface area (Å²) in [7, 11) is 1.61. The number of aldehydes is 1. The first-order chi connectivity index (χ1) is 10.6. The standard InChI is InChI=1S/C18H20O3S/c1-13(2)21-17-9-15(11-19)18(10-16(17)20-3)22-12-14-7-5-4-6-8-14/h4-11,13H,12H2,1-3H3. The average Bonchev–Trinajstić information content (AvgIpc) is 2.53. The lowest BCUT2D eigenvalue weighted by Crippen LogP contribution is -2.07. The van der Waals surface area contributed by atoms with Crippen molar-refractivity contribution in [3.8, 4) is 11.5 Å². The molecule has 0 bridgehead atoms. The van der Waals surface area contributed by atoms with Gasteiger partial charge in [0.15, 0.2) is 17.8 Å². The zero-order valence-corrected chi connectivity index (χ0v) is 13.9. The van der Waals surface area contributed by atoms with Gasteiger partial charge in [-0.3, -0.25) is 4.79 Å². The van der Waals surface area contributed by atoms with E-state index in [0.29, 0.717) is 17.1 Å². The molecule has 0 atom stereocenters. The van der Waals surface area contributed by atoms with E-state index in [1.165, 1.54) is 5.56 Å². The summed E-state index contributed by atoms with van der Waals surface area (Å²) in [6, 6.07) is 13.8. The van der Waals surface area contributed by atoms with Crippen LogP contribution in [0.2, 0.25) is 0 Å². The molecule has 0 unspecified atom stereocenters. The fraction of sp³-hybridized carbons (Fsp3) is 0.278. The third kappa shape index (κ3) is 4.28. The van der Waals surface area contributed by atoms with Gasteiger partial charge in [-0.1, -0.05) is 30.3 Å². The SMILES string of the molecule is COc1cc(SCc2ccccc2)c(C=O)cc1OC(C)C. The van der Waals surface area contributed by atoms with Crippen molar-refractivity contribution < 1.29 is 14.3 Å². The second-order valence-electron chi connectivity index (χ2n) is 5.10. The monoisotopic (exact) mass is 316 g/mol. The Morgan fingerprint density at radius 3 is 2.45 bits per heavy atom. The Balaban J connectivity index is 2.24. The van der Waals surface area contributed by atoms with E-state index in [2.05, 4.69) is 12.1 Å². The van der Waals surface area contributed by atoms with Crippen molar-refractivity contribution in [2.24, 2.45) is 0 Å². The molecule has 0 aliphatic carbocycles. The summed E-state index contributed by atoms with van der Waals surface area (Å²) in [5, 5.41) is 0. The summed E-state index contributed by atoms with van der Waals surface area (Å²) in [6.45, 7) is 3.89. The Hall–Kier alpha value is -1.94. The molecular formula is C18H20O3S. The largest absolute Gasteiger partial charge is 0.493 e.